The van der Waals surface area contributed by atoms with Crippen molar-refractivity contribution in [3.8, 4) is 5.75 Å². The summed E-state index contributed by atoms with van der Waals surface area (Å²) in [5, 5.41) is 2.94. The fourth-order valence-corrected chi connectivity index (χ4v) is 3.85. The number of nitrogens with one attached hydrogen (secondary N) is 1. The van der Waals surface area contributed by atoms with Crippen molar-refractivity contribution in [2.45, 2.75) is 24.2 Å². The molecule has 1 aliphatic rings. The van der Waals surface area contributed by atoms with Gasteiger partial charge in [0.2, 0.25) is 10.0 Å². The molecule has 1 heterocycles. The van der Waals surface area contributed by atoms with Gasteiger partial charge in [-0.25, -0.2) is 8.42 Å². The van der Waals surface area contributed by atoms with Crippen LogP contribution in [-0.2, 0) is 10.0 Å². The highest BCUT2D eigenvalue weighted by molar-refractivity contribution is 7.89. The van der Waals surface area contributed by atoms with Gasteiger partial charge in [0.05, 0.1) is 6.04 Å². The van der Waals surface area contributed by atoms with Gasteiger partial charge in [-0.05, 0) is 12.1 Å². The first kappa shape index (κ1) is 16.1. The lowest BCUT2D eigenvalue weighted by Gasteiger charge is -2.36. The van der Waals surface area contributed by atoms with Crippen molar-refractivity contribution < 1.29 is 26.3 Å². The van der Waals surface area contributed by atoms with Crippen LogP contribution in [0, 0.1) is 0 Å². The molecule has 0 bridgehead atoms. The van der Waals surface area contributed by atoms with Crippen molar-refractivity contribution in [1.82, 2.24) is 9.62 Å². The first-order chi connectivity index (χ1) is 9.75. The normalized spacial score (nSPS) is 16.8. The Balaban J connectivity index is 2.39. The van der Waals surface area contributed by atoms with E-state index in [2.05, 4.69) is 10.1 Å². The van der Waals surface area contributed by atoms with Crippen LogP contribution in [0.15, 0.2) is 29.2 Å². The first-order valence-electron chi connectivity index (χ1n) is 6.33. The van der Waals surface area contributed by atoms with Crippen molar-refractivity contribution in [3.05, 3.63) is 24.3 Å². The maximum atomic E-state index is 12.6. The lowest BCUT2D eigenvalue weighted by Crippen LogP contribution is -2.58. The summed E-state index contributed by atoms with van der Waals surface area (Å²) in [6.45, 7) is 2.78. The van der Waals surface area contributed by atoms with Gasteiger partial charge >= 0.3 is 6.36 Å². The molecule has 0 unspecified atom stereocenters. The van der Waals surface area contributed by atoms with E-state index in [1.54, 1.807) is 6.92 Å². The zero-order chi connectivity index (χ0) is 15.7. The van der Waals surface area contributed by atoms with Crippen LogP contribution >= 0.6 is 0 Å². The van der Waals surface area contributed by atoms with Gasteiger partial charge in [-0.3, -0.25) is 0 Å². The van der Waals surface area contributed by atoms with E-state index in [0.29, 0.717) is 13.1 Å². The Morgan fingerprint density at radius 2 is 1.95 bits per heavy atom. The number of sulfonamides is 1. The smallest absolute Gasteiger partial charge is 0.404 e. The molecule has 0 atom stereocenters. The highest BCUT2D eigenvalue weighted by Crippen LogP contribution is 2.32. The summed E-state index contributed by atoms with van der Waals surface area (Å²) >= 11 is 0. The molecule has 1 saturated heterocycles. The average Bonchev–Trinajstić information content (AvgIpc) is 2.31. The number of hydrogen-bond donors (Lipinski definition) is 1. The number of benzene rings is 1. The van der Waals surface area contributed by atoms with Crippen molar-refractivity contribution in [2.75, 3.05) is 19.6 Å². The van der Waals surface area contributed by atoms with Gasteiger partial charge in [-0.15, -0.1) is 13.2 Å². The van der Waals surface area contributed by atoms with E-state index in [1.165, 1.54) is 16.4 Å². The van der Waals surface area contributed by atoms with Crippen LogP contribution in [0.4, 0.5) is 13.2 Å². The van der Waals surface area contributed by atoms with E-state index in [0.717, 1.165) is 12.1 Å². The molecule has 2 rings (SSSR count). The molecule has 118 valence electrons. The molecular formula is C12H15F3N2O3S. The maximum Gasteiger partial charge on any atom is 0.573 e. The van der Waals surface area contributed by atoms with E-state index >= 15 is 0 Å². The Kier molecular flexibility index (Phi) is 4.45. The second-order valence-corrected chi connectivity index (χ2v) is 6.37. The summed E-state index contributed by atoms with van der Waals surface area (Å²) in [4.78, 5) is -0.476. The van der Waals surface area contributed by atoms with Crippen molar-refractivity contribution in [3.63, 3.8) is 0 Å². The molecule has 1 N–H and O–H groups in total. The highest BCUT2D eigenvalue weighted by Gasteiger charge is 2.38. The third-order valence-corrected chi connectivity index (χ3v) is 5.21. The number of halogens is 3. The van der Waals surface area contributed by atoms with Crippen LogP contribution in [0.3, 0.4) is 0 Å². The minimum Gasteiger partial charge on any atom is -0.404 e. The summed E-state index contributed by atoms with van der Waals surface area (Å²) in [6.07, 6.45) is -4.94. The second-order valence-electron chi connectivity index (χ2n) is 4.51. The Morgan fingerprint density at radius 1 is 1.33 bits per heavy atom. The van der Waals surface area contributed by atoms with Gasteiger partial charge in [-0.1, -0.05) is 19.1 Å². The lowest BCUT2D eigenvalue weighted by molar-refractivity contribution is -0.275. The van der Waals surface area contributed by atoms with Crippen molar-refractivity contribution in [2.24, 2.45) is 0 Å². The predicted octanol–water partition coefficient (Wildman–Crippen LogP) is 1.57. The fourth-order valence-electron chi connectivity index (χ4n) is 2.10. The summed E-state index contributed by atoms with van der Waals surface area (Å²) in [6, 6.07) is 4.52. The Bertz CT molecular complexity index is 600. The monoisotopic (exact) mass is 324 g/mol. The molecular weight excluding hydrogens is 309 g/mol. The number of ether oxygens (including phenoxy) is 1. The van der Waals surface area contributed by atoms with Gasteiger partial charge in [0.15, 0.2) is 0 Å². The number of nitrogens with zero attached hydrogens (tertiary/aromatic N) is 1. The molecule has 0 amide bonds. The number of rotatable bonds is 5. The summed E-state index contributed by atoms with van der Waals surface area (Å²) in [5.74, 6) is -0.712. The van der Waals surface area contributed by atoms with E-state index in [-0.39, 0.29) is 12.6 Å². The molecule has 1 fully saturated rings. The third kappa shape index (κ3) is 3.47. The number of hydrogen-bond acceptors (Lipinski definition) is 4. The van der Waals surface area contributed by atoms with E-state index in [1.807, 2.05) is 0 Å². The number of para-hydroxylation sites is 1. The molecule has 0 saturated carbocycles. The van der Waals surface area contributed by atoms with E-state index in [4.69, 9.17) is 0 Å². The van der Waals surface area contributed by atoms with Crippen LogP contribution in [0.2, 0.25) is 0 Å². The molecule has 0 aromatic heterocycles. The van der Waals surface area contributed by atoms with Crippen LogP contribution in [0.25, 0.3) is 0 Å². The molecule has 5 nitrogen and oxygen atoms in total. The van der Waals surface area contributed by atoms with Crippen LogP contribution in [-0.4, -0.2) is 44.8 Å². The second kappa shape index (κ2) is 5.82. The van der Waals surface area contributed by atoms with E-state index in [9.17, 15) is 21.6 Å². The Hall–Kier alpha value is -1.32. The van der Waals surface area contributed by atoms with Gasteiger partial charge in [0.25, 0.3) is 0 Å². The number of likely N-dealkylation sites (N-methyl/N-ethyl adjacent to an activating group) is 1. The largest absolute Gasteiger partial charge is 0.573 e. The molecule has 0 aliphatic carbocycles. The quantitative estimate of drug-likeness (QED) is 0.893. The summed E-state index contributed by atoms with van der Waals surface area (Å²) in [7, 11) is -4.05. The van der Waals surface area contributed by atoms with Crippen LogP contribution in [0.1, 0.15) is 6.92 Å². The minimum absolute atomic E-state index is 0.176. The van der Waals surface area contributed by atoms with Crippen molar-refractivity contribution in [1.29, 1.82) is 0 Å². The Morgan fingerprint density at radius 3 is 2.43 bits per heavy atom. The SMILES string of the molecule is CCN(C1CNC1)S(=O)(=O)c1ccccc1OC(F)(F)F. The number of alkyl halides is 3. The van der Waals surface area contributed by atoms with Gasteiger partial charge in [0, 0.05) is 19.6 Å². The van der Waals surface area contributed by atoms with E-state index < -0.39 is 27.0 Å². The standard InChI is InChI=1S/C12H15F3N2O3S/c1-2-17(9-7-16-8-9)21(18,19)11-6-4-3-5-10(11)20-12(13,14)15/h3-6,9,16H,2,7-8H2,1H3. The maximum absolute atomic E-state index is 12.6. The molecule has 21 heavy (non-hydrogen) atoms. The molecule has 0 spiro atoms. The average molecular weight is 324 g/mol. The van der Waals surface area contributed by atoms with Gasteiger partial charge < -0.3 is 10.1 Å². The molecule has 1 aliphatic heterocycles. The van der Waals surface area contributed by atoms with Crippen LogP contribution in [0.5, 0.6) is 5.75 Å². The fraction of sp³-hybridized carbons (Fsp3) is 0.500. The summed E-state index contributed by atoms with van der Waals surface area (Å²) in [5.41, 5.74) is 0. The lowest BCUT2D eigenvalue weighted by atomic mass is 10.2. The molecule has 0 radical (unpaired) electrons. The molecule has 1 aromatic rings. The van der Waals surface area contributed by atoms with Crippen LogP contribution < -0.4 is 10.1 Å². The zero-order valence-corrected chi connectivity index (χ0v) is 12.0. The predicted molar refractivity (Wildman–Crippen MR) is 69.3 cm³/mol. The van der Waals surface area contributed by atoms with Crippen molar-refractivity contribution >= 4 is 10.0 Å². The van der Waals surface area contributed by atoms with Gasteiger partial charge in [-0.2, -0.15) is 4.31 Å². The highest BCUT2D eigenvalue weighted by atomic mass is 32.2. The molecule has 9 heteroatoms. The van der Waals surface area contributed by atoms with Gasteiger partial charge in [0.1, 0.15) is 10.6 Å². The topological polar surface area (TPSA) is 58.6 Å². The zero-order valence-electron chi connectivity index (χ0n) is 11.2. The third-order valence-electron chi connectivity index (χ3n) is 3.14. The molecule has 1 aromatic carbocycles. The summed E-state index contributed by atoms with van der Waals surface area (Å²) < 4.78 is 67.3. The minimum atomic E-state index is -4.94. The first-order valence-corrected chi connectivity index (χ1v) is 7.77. The Labute approximate surface area is 120 Å².